The van der Waals surface area contributed by atoms with Crippen LogP contribution in [-0.4, -0.2) is 25.3 Å². The molecule has 1 aliphatic carbocycles. The van der Waals surface area contributed by atoms with E-state index < -0.39 is 0 Å². The van der Waals surface area contributed by atoms with Crippen LogP contribution in [0.2, 0.25) is 0 Å². The maximum Gasteiger partial charge on any atom is 0.0594 e. The van der Waals surface area contributed by atoms with Gasteiger partial charge in [0.2, 0.25) is 0 Å². The first-order valence-electron chi connectivity index (χ1n) is 7.73. The molecule has 2 heteroatoms. The van der Waals surface area contributed by atoms with Crippen LogP contribution < -0.4 is 5.32 Å². The van der Waals surface area contributed by atoms with Crippen LogP contribution in [0.4, 0.5) is 0 Å². The average Bonchev–Trinajstić information content (AvgIpc) is 2.96. The lowest BCUT2D eigenvalue weighted by Crippen LogP contribution is -2.30. The fourth-order valence-corrected chi connectivity index (χ4v) is 2.72. The summed E-state index contributed by atoms with van der Waals surface area (Å²) in [6.07, 6.45) is 8.12. The van der Waals surface area contributed by atoms with Crippen molar-refractivity contribution in [3.63, 3.8) is 0 Å². The van der Waals surface area contributed by atoms with Gasteiger partial charge in [-0.2, -0.15) is 0 Å². The van der Waals surface area contributed by atoms with Gasteiger partial charge in [-0.3, -0.25) is 0 Å². The van der Waals surface area contributed by atoms with Crippen molar-refractivity contribution in [1.29, 1.82) is 0 Å². The van der Waals surface area contributed by atoms with Crippen LogP contribution in [0.25, 0.3) is 0 Å². The Hall–Kier alpha value is -0.860. The van der Waals surface area contributed by atoms with Crippen molar-refractivity contribution in [3.8, 4) is 0 Å². The number of hydrogen-bond acceptors (Lipinski definition) is 2. The van der Waals surface area contributed by atoms with Gasteiger partial charge in [0.15, 0.2) is 0 Å². The molecule has 1 saturated carbocycles. The van der Waals surface area contributed by atoms with E-state index in [1.807, 2.05) is 0 Å². The minimum absolute atomic E-state index is 0.543. The smallest absolute Gasteiger partial charge is 0.0594 e. The third kappa shape index (κ3) is 5.75. The van der Waals surface area contributed by atoms with E-state index in [4.69, 9.17) is 4.74 Å². The average molecular weight is 261 g/mol. The summed E-state index contributed by atoms with van der Waals surface area (Å²) >= 11 is 0. The van der Waals surface area contributed by atoms with Gasteiger partial charge in [0.05, 0.1) is 12.7 Å². The largest absolute Gasteiger partial charge is 0.377 e. The number of aryl methyl sites for hydroxylation is 1. The predicted molar refractivity (Wildman–Crippen MR) is 80.4 cm³/mol. The molecule has 0 bridgehead atoms. The highest BCUT2D eigenvalue weighted by molar-refractivity contribution is 5.14. The molecule has 1 unspecified atom stereocenters. The molecule has 0 heterocycles. The fraction of sp³-hybridized carbons (Fsp3) is 0.647. The standard InChI is InChI=1S/C17H27NO/c1-15(11-12-16-7-3-2-4-8-16)18-13-14-19-17-9-5-6-10-17/h2-4,7-8,15,17-18H,5-6,9-14H2,1H3. The summed E-state index contributed by atoms with van der Waals surface area (Å²) in [4.78, 5) is 0. The molecule has 0 spiro atoms. The van der Waals surface area contributed by atoms with Crippen LogP contribution in [0, 0.1) is 0 Å². The molecule has 19 heavy (non-hydrogen) atoms. The number of ether oxygens (including phenoxy) is 1. The fourth-order valence-electron chi connectivity index (χ4n) is 2.72. The molecule has 0 aliphatic heterocycles. The second-order valence-corrected chi connectivity index (χ2v) is 5.66. The maximum atomic E-state index is 5.85. The second kappa shape index (κ2) is 8.34. The van der Waals surface area contributed by atoms with E-state index in [1.54, 1.807) is 0 Å². The monoisotopic (exact) mass is 261 g/mol. The SMILES string of the molecule is CC(CCc1ccccc1)NCCOC1CCCC1. The van der Waals surface area contributed by atoms with Crippen molar-refractivity contribution >= 4 is 0 Å². The highest BCUT2D eigenvalue weighted by Crippen LogP contribution is 2.20. The summed E-state index contributed by atoms with van der Waals surface area (Å²) in [6.45, 7) is 4.10. The first-order valence-corrected chi connectivity index (χ1v) is 7.73. The van der Waals surface area contributed by atoms with E-state index in [0.717, 1.165) is 19.6 Å². The van der Waals surface area contributed by atoms with Crippen LogP contribution >= 0.6 is 0 Å². The van der Waals surface area contributed by atoms with Crippen LogP contribution in [-0.2, 0) is 11.2 Å². The van der Waals surface area contributed by atoms with E-state index >= 15 is 0 Å². The van der Waals surface area contributed by atoms with Crippen molar-refractivity contribution in [2.75, 3.05) is 13.2 Å². The van der Waals surface area contributed by atoms with E-state index in [0.29, 0.717) is 12.1 Å². The first kappa shape index (κ1) is 14.5. The molecule has 0 radical (unpaired) electrons. The molecule has 0 aromatic heterocycles. The predicted octanol–water partition coefficient (Wildman–Crippen LogP) is 3.56. The Morgan fingerprint density at radius 3 is 2.68 bits per heavy atom. The van der Waals surface area contributed by atoms with Crippen molar-refractivity contribution < 1.29 is 4.74 Å². The van der Waals surface area contributed by atoms with Crippen molar-refractivity contribution in [1.82, 2.24) is 5.32 Å². The summed E-state index contributed by atoms with van der Waals surface area (Å²) in [5.74, 6) is 0. The highest BCUT2D eigenvalue weighted by atomic mass is 16.5. The van der Waals surface area contributed by atoms with Gasteiger partial charge in [-0.25, -0.2) is 0 Å². The summed E-state index contributed by atoms with van der Waals surface area (Å²) < 4.78 is 5.85. The third-order valence-electron chi connectivity index (χ3n) is 3.96. The van der Waals surface area contributed by atoms with Gasteiger partial charge in [0.25, 0.3) is 0 Å². The van der Waals surface area contributed by atoms with E-state index in [1.165, 1.54) is 37.7 Å². The molecule has 1 fully saturated rings. The van der Waals surface area contributed by atoms with Gasteiger partial charge in [0.1, 0.15) is 0 Å². The van der Waals surface area contributed by atoms with Crippen molar-refractivity contribution in [2.24, 2.45) is 0 Å². The van der Waals surface area contributed by atoms with E-state index in [-0.39, 0.29) is 0 Å². The molecule has 0 amide bonds. The normalized spacial score (nSPS) is 17.7. The number of nitrogens with one attached hydrogen (secondary N) is 1. The summed E-state index contributed by atoms with van der Waals surface area (Å²) in [6, 6.07) is 11.3. The lowest BCUT2D eigenvalue weighted by molar-refractivity contribution is 0.0592. The molecule has 1 aromatic rings. The Morgan fingerprint density at radius 1 is 1.21 bits per heavy atom. The van der Waals surface area contributed by atoms with Crippen LogP contribution in [0.3, 0.4) is 0 Å². The van der Waals surface area contributed by atoms with Gasteiger partial charge < -0.3 is 10.1 Å². The molecule has 1 aliphatic rings. The molecule has 0 saturated heterocycles. The summed E-state index contributed by atoms with van der Waals surface area (Å²) in [5.41, 5.74) is 1.43. The Morgan fingerprint density at radius 2 is 1.95 bits per heavy atom. The zero-order valence-corrected chi connectivity index (χ0v) is 12.1. The summed E-state index contributed by atoms with van der Waals surface area (Å²) in [7, 11) is 0. The minimum atomic E-state index is 0.543. The van der Waals surface area contributed by atoms with Crippen molar-refractivity contribution in [2.45, 2.75) is 57.6 Å². The van der Waals surface area contributed by atoms with Gasteiger partial charge in [0, 0.05) is 12.6 Å². The Bertz CT molecular complexity index is 332. The zero-order valence-electron chi connectivity index (χ0n) is 12.1. The lowest BCUT2D eigenvalue weighted by atomic mass is 10.1. The molecule has 1 N–H and O–H groups in total. The van der Waals surface area contributed by atoms with Crippen LogP contribution in [0.1, 0.15) is 44.6 Å². The van der Waals surface area contributed by atoms with E-state index in [2.05, 4.69) is 42.6 Å². The van der Waals surface area contributed by atoms with Crippen LogP contribution in [0.5, 0.6) is 0 Å². The molecule has 2 rings (SSSR count). The molecule has 1 aromatic carbocycles. The quantitative estimate of drug-likeness (QED) is 0.723. The molecular weight excluding hydrogens is 234 g/mol. The molecule has 106 valence electrons. The van der Waals surface area contributed by atoms with Gasteiger partial charge >= 0.3 is 0 Å². The number of rotatable bonds is 8. The third-order valence-corrected chi connectivity index (χ3v) is 3.96. The second-order valence-electron chi connectivity index (χ2n) is 5.66. The maximum absolute atomic E-state index is 5.85. The highest BCUT2D eigenvalue weighted by Gasteiger charge is 2.14. The molecular formula is C17H27NO. The zero-order chi connectivity index (χ0) is 13.3. The first-order chi connectivity index (χ1) is 9.34. The topological polar surface area (TPSA) is 21.3 Å². The summed E-state index contributed by atoms with van der Waals surface area (Å²) in [5, 5.41) is 3.55. The number of benzene rings is 1. The number of hydrogen-bond donors (Lipinski definition) is 1. The minimum Gasteiger partial charge on any atom is -0.377 e. The van der Waals surface area contributed by atoms with Gasteiger partial charge in [-0.15, -0.1) is 0 Å². The molecule has 2 nitrogen and oxygen atoms in total. The Labute approximate surface area is 117 Å². The van der Waals surface area contributed by atoms with Crippen LogP contribution in [0.15, 0.2) is 30.3 Å². The Kier molecular flexibility index (Phi) is 6.38. The van der Waals surface area contributed by atoms with E-state index in [9.17, 15) is 0 Å². The Balaban J connectivity index is 1.51. The molecule has 1 atom stereocenters. The lowest BCUT2D eigenvalue weighted by Gasteiger charge is -2.15. The van der Waals surface area contributed by atoms with Crippen molar-refractivity contribution in [3.05, 3.63) is 35.9 Å². The van der Waals surface area contributed by atoms with Gasteiger partial charge in [-0.1, -0.05) is 43.2 Å². The van der Waals surface area contributed by atoms with Gasteiger partial charge in [-0.05, 0) is 38.2 Å².